The average Bonchev–Trinajstić information content (AvgIpc) is 2.76. The van der Waals surface area contributed by atoms with Gasteiger partial charge in [0.25, 0.3) is 0 Å². The van der Waals surface area contributed by atoms with E-state index in [0.29, 0.717) is 11.6 Å². The lowest BCUT2D eigenvalue weighted by Gasteiger charge is -2.06. The third-order valence-electron chi connectivity index (χ3n) is 2.17. The molecule has 0 saturated carbocycles. The first-order valence-corrected chi connectivity index (χ1v) is 5.32. The summed E-state index contributed by atoms with van der Waals surface area (Å²) in [5.74, 6) is 0.652. The number of nitrogens with one attached hydrogen (secondary N) is 3. The summed E-state index contributed by atoms with van der Waals surface area (Å²) in [4.78, 5) is 15.5. The highest BCUT2D eigenvalue weighted by Gasteiger charge is 2.06. The molecule has 1 aromatic heterocycles. The Labute approximate surface area is 103 Å². The quantitative estimate of drug-likeness (QED) is 0.772. The van der Waals surface area contributed by atoms with Crippen LogP contribution in [0.3, 0.4) is 0 Å². The third-order valence-corrected chi connectivity index (χ3v) is 2.17. The number of aryl methyl sites for hydroxylation is 1. The third kappa shape index (κ3) is 3.03. The molecule has 7 heteroatoms. The van der Waals surface area contributed by atoms with Gasteiger partial charge in [-0.1, -0.05) is 12.1 Å². The van der Waals surface area contributed by atoms with Gasteiger partial charge < -0.3 is 10.6 Å². The van der Waals surface area contributed by atoms with E-state index in [4.69, 9.17) is 0 Å². The van der Waals surface area contributed by atoms with E-state index in [1.54, 1.807) is 19.1 Å². The molecule has 0 radical (unpaired) electrons. The Kier molecular flexibility index (Phi) is 3.52. The zero-order valence-corrected chi connectivity index (χ0v) is 9.70. The molecule has 0 atom stereocenters. The summed E-state index contributed by atoms with van der Waals surface area (Å²) in [6.45, 7) is 1.93. The van der Waals surface area contributed by atoms with Crippen LogP contribution in [0.5, 0.6) is 0 Å². The molecule has 18 heavy (non-hydrogen) atoms. The number of amides is 2. The number of hydrogen-bond acceptors (Lipinski definition) is 3. The lowest BCUT2D eigenvalue weighted by Crippen LogP contribution is -2.29. The Balaban J connectivity index is 1.88. The molecule has 0 aliphatic heterocycles. The molecule has 0 aliphatic carbocycles. The molecule has 0 unspecified atom stereocenters. The van der Waals surface area contributed by atoms with Gasteiger partial charge in [-0.25, -0.2) is 14.2 Å². The zero-order chi connectivity index (χ0) is 13.0. The number of halogens is 1. The van der Waals surface area contributed by atoms with E-state index >= 15 is 0 Å². The maximum Gasteiger partial charge on any atom is 0.319 e. The lowest BCUT2D eigenvalue weighted by atomic mass is 10.3. The van der Waals surface area contributed by atoms with Gasteiger partial charge in [-0.05, 0) is 19.1 Å². The first-order chi connectivity index (χ1) is 8.65. The van der Waals surface area contributed by atoms with Gasteiger partial charge in [-0.3, -0.25) is 5.10 Å². The molecule has 2 amide bonds. The minimum Gasteiger partial charge on any atom is -0.330 e. The molecule has 3 N–H and O–H groups in total. The fourth-order valence-electron chi connectivity index (χ4n) is 1.36. The number of carbonyl (C=O) groups is 1. The second-order valence-corrected chi connectivity index (χ2v) is 3.62. The number of urea groups is 1. The zero-order valence-electron chi connectivity index (χ0n) is 9.70. The summed E-state index contributed by atoms with van der Waals surface area (Å²) < 4.78 is 13.2. The SMILES string of the molecule is Cc1nc(CNC(=O)Nc2ccccc2F)n[nH]1. The highest BCUT2D eigenvalue weighted by atomic mass is 19.1. The number of benzene rings is 1. The number of anilines is 1. The summed E-state index contributed by atoms with van der Waals surface area (Å²) in [5.41, 5.74) is 0.126. The molecule has 1 heterocycles. The molecule has 0 aliphatic rings. The van der Waals surface area contributed by atoms with E-state index in [1.165, 1.54) is 12.1 Å². The van der Waals surface area contributed by atoms with Crippen molar-refractivity contribution in [3.63, 3.8) is 0 Å². The fourth-order valence-corrected chi connectivity index (χ4v) is 1.36. The molecule has 0 bridgehead atoms. The molecule has 2 rings (SSSR count). The van der Waals surface area contributed by atoms with Crippen LogP contribution in [0.4, 0.5) is 14.9 Å². The molecular formula is C11H12FN5O. The van der Waals surface area contributed by atoms with E-state index in [1.807, 2.05) is 0 Å². The number of aromatic nitrogens is 3. The minimum atomic E-state index is -0.512. The van der Waals surface area contributed by atoms with Crippen LogP contribution >= 0.6 is 0 Å². The van der Waals surface area contributed by atoms with Crippen molar-refractivity contribution in [2.75, 3.05) is 5.32 Å². The van der Waals surface area contributed by atoms with E-state index in [9.17, 15) is 9.18 Å². The predicted molar refractivity (Wildman–Crippen MR) is 63.4 cm³/mol. The summed E-state index contributed by atoms with van der Waals surface area (Å²) in [7, 11) is 0. The fraction of sp³-hybridized carbons (Fsp3) is 0.182. The number of hydrogen-bond donors (Lipinski definition) is 3. The number of para-hydroxylation sites is 1. The Bertz CT molecular complexity index is 554. The van der Waals surface area contributed by atoms with E-state index in [-0.39, 0.29) is 12.2 Å². The Morgan fingerprint density at radius 3 is 2.89 bits per heavy atom. The maximum atomic E-state index is 13.2. The van der Waals surface area contributed by atoms with Crippen LogP contribution in [-0.4, -0.2) is 21.2 Å². The summed E-state index contributed by atoms with van der Waals surface area (Å²) in [6, 6.07) is 5.43. The highest BCUT2D eigenvalue weighted by molar-refractivity contribution is 5.89. The largest absolute Gasteiger partial charge is 0.330 e. The van der Waals surface area contributed by atoms with Crippen molar-refractivity contribution in [2.45, 2.75) is 13.5 Å². The van der Waals surface area contributed by atoms with E-state index in [0.717, 1.165) is 0 Å². The topological polar surface area (TPSA) is 82.7 Å². The van der Waals surface area contributed by atoms with Crippen molar-refractivity contribution in [3.8, 4) is 0 Å². The van der Waals surface area contributed by atoms with Crippen LogP contribution < -0.4 is 10.6 Å². The molecule has 0 saturated heterocycles. The van der Waals surface area contributed by atoms with Crippen LogP contribution in [-0.2, 0) is 6.54 Å². The van der Waals surface area contributed by atoms with Crippen molar-refractivity contribution in [2.24, 2.45) is 0 Å². The second kappa shape index (κ2) is 5.26. The number of carbonyl (C=O) groups excluding carboxylic acids is 1. The van der Waals surface area contributed by atoms with Crippen molar-refractivity contribution >= 4 is 11.7 Å². The van der Waals surface area contributed by atoms with Gasteiger partial charge in [0.15, 0.2) is 5.82 Å². The van der Waals surface area contributed by atoms with E-state index in [2.05, 4.69) is 25.8 Å². The van der Waals surface area contributed by atoms with Gasteiger partial charge in [-0.2, -0.15) is 5.10 Å². The van der Waals surface area contributed by atoms with Gasteiger partial charge in [0, 0.05) is 0 Å². The molecule has 2 aromatic rings. The average molecular weight is 249 g/mol. The molecular weight excluding hydrogens is 237 g/mol. The number of aromatic amines is 1. The number of rotatable bonds is 3. The van der Waals surface area contributed by atoms with Gasteiger partial charge >= 0.3 is 6.03 Å². The van der Waals surface area contributed by atoms with E-state index < -0.39 is 11.8 Å². The first-order valence-electron chi connectivity index (χ1n) is 5.32. The molecule has 6 nitrogen and oxygen atoms in total. The van der Waals surface area contributed by atoms with Crippen molar-refractivity contribution in [3.05, 3.63) is 41.7 Å². The Morgan fingerprint density at radius 1 is 1.44 bits per heavy atom. The lowest BCUT2D eigenvalue weighted by molar-refractivity contribution is 0.251. The van der Waals surface area contributed by atoms with Crippen LogP contribution in [0.15, 0.2) is 24.3 Å². The number of nitrogens with zero attached hydrogens (tertiary/aromatic N) is 2. The molecule has 0 fully saturated rings. The summed E-state index contributed by atoms with van der Waals surface area (Å²) in [5, 5.41) is 11.4. The second-order valence-electron chi connectivity index (χ2n) is 3.62. The van der Waals surface area contributed by atoms with Crippen molar-refractivity contribution in [1.29, 1.82) is 0 Å². The summed E-state index contributed by atoms with van der Waals surface area (Å²) in [6.07, 6.45) is 0. The smallest absolute Gasteiger partial charge is 0.319 e. The van der Waals surface area contributed by atoms with Gasteiger partial charge in [0.05, 0.1) is 12.2 Å². The van der Waals surface area contributed by atoms with Crippen LogP contribution in [0.2, 0.25) is 0 Å². The van der Waals surface area contributed by atoms with Gasteiger partial charge in [-0.15, -0.1) is 0 Å². The first kappa shape index (κ1) is 12.0. The Hall–Kier alpha value is -2.44. The maximum absolute atomic E-state index is 13.2. The Morgan fingerprint density at radius 2 is 2.22 bits per heavy atom. The van der Waals surface area contributed by atoms with Crippen molar-refractivity contribution < 1.29 is 9.18 Å². The minimum absolute atomic E-state index is 0.126. The number of H-pyrrole nitrogens is 1. The standard InChI is InChI=1S/C11H12FN5O/c1-7-14-10(17-16-7)6-13-11(18)15-9-5-3-2-4-8(9)12/h2-5H,6H2,1H3,(H2,13,15,18)(H,14,16,17). The normalized spacial score (nSPS) is 10.1. The monoisotopic (exact) mass is 249 g/mol. The molecule has 94 valence electrons. The predicted octanol–water partition coefficient (Wildman–Crippen LogP) is 1.57. The molecule has 1 aromatic carbocycles. The van der Waals surface area contributed by atoms with Crippen LogP contribution in [0.25, 0.3) is 0 Å². The molecule has 0 spiro atoms. The summed E-state index contributed by atoms with van der Waals surface area (Å²) >= 11 is 0. The van der Waals surface area contributed by atoms with Crippen LogP contribution in [0.1, 0.15) is 11.6 Å². The highest BCUT2D eigenvalue weighted by Crippen LogP contribution is 2.11. The van der Waals surface area contributed by atoms with Crippen LogP contribution in [0, 0.1) is 12.7 Å². The van der Waals surface area contributed by atoms with Gasteiger partial charge in [0.2, 0.25) is 0 Å². The van der Waals surface area contributed by atoms with Gasteiger partial charge in [0.1, 0.15) is 11.6 Å². The van der Waals surface area contributed by atoms with Crippen molar-refractivity contribution in [1.82, 2.24) is 20.5 Å².